The molecule has 5 heteroatoms. The molecule has 0 unspecified atom stereocenters. The maximum Gasteiger partial charge on any atom is 0.257 e. The first-order valence-electron chi connectivity index (χ1n) is 8.38. The van der Waals surface area contributed by atoms with Crippen LogP contribution in [0.5, 0.6) is 0 Å². The Morgan fingerprint density at radius 2 is 2.04 bits per heavy atom. The molecule has 0 spiro atoms. The largest absolute Gasteiger partial charge is 0.365 e. The molecule has 1 amide bonds. The predicted molar refractivity (Wildman–Crippen MR) is 100 cm³/mol. The fourth-order valence-corrected chi connectivity index (χ4v) is 3.50. The molecule has 24 heavy (non-hydrogen) atoms. The van der Waals surface area contributed by atoms with Crippen molar-refractivity contribution in [3.8, 4) is 0 Å². The van der Waals surface area contributed by atoms with Crippen molar-refractivity contribution >= 4 is 27.7 Å². The number of carbonyl (C=O) groups excluding carboxylic acids is 1. The van der Waals surface area contributed by atoms with Crippen molar-refractivity contribution in [2.45, 2.75) is 32.7 Å². The molecule has 1 saturated heterocycles. The SMILES string of the molecule is Cc1cc(Br)ccc1CNc1ncccc1C(=O)N1CCCCC1. The summed E-state index contributed by atoms with van der Waals surface area (Å²) in [7, 11) is 0. The van der Waals surface area contributed by atoms with Gasteiger partial charge in [-0.1, -0.05) is 22.0 Å². The maximum atomic E-state index is 12.8. The van der Waals surface area contributed by atoms with E-state index in [2.05, 4.69) is 45.3 Å². The van der Waals surface area contributed by atoms with Gasteiger partial charge in [0, 0.05) is 30.3 Å². The highest BCUT2D eigenvalue weighted by Gasteiger charge is 2.21. The van der Waals surface area contributed by atoms with Crippen LogP contribution in [-0.2, 0) is 6.54 Å². The second-order valence-electron chi connectivity index (χ2n) is 6.18. The summed E-state index contributed by atoms with van der Waals surface area (Å²) in [4.78, 5) is 19.1. The fraction of sp³-hybridized carbons (Fsp3) is 0.368. The lowest BCUT2D eigenvalue weighted by atomic mass is 10.1. The molecule has 1 aromatic carbocycles. The van der Waals surface area contributed by atoms with E-state index >= 15 is 0 Å². The molecule has 126 valence electrons. The van der Waals surface area contributed by atoms with Gasteiger partial charge in [0.1, 0.15) is 5.82 Å². The van der Waals surface area contributed by atoms with Gasteiger partial charge in [-0.25, -0.2) is 4.98 Å². The number of benzene rings is 1. The number of halogens is 1. The van der Waals surface area contributed by atoms with Crippen molar-refractivity contribution in [1.82, 2.24) is 9.88 Å². The zero-order valence-electron chi connectivity index (χ0n) is 13.9. The Labute approximate surface area is 151 Å². The summed E-state index contributed by atoms with van der Waals surface area (Å²) >= 11 is 3.48. The molecule has 1 aliphatic rings. The van der Waals surface area contributed by atoms with Gasteiger partial charge in [0.15, 0.2) is 0 Å². The van der Waals surface area contributed by atoms with Crippen LogP contribution < -0.4 is 5.32 Å². The lowest BCUT2D eigenvalue weighted by Crippen LogP contribution is -2.36. The maximum absolute atomic E-state index is 12.8. The van der Waals surface area contributed by atoms with E-state index < -0.39 is 0 Å². The Morgan fingerprint density at radius 3 is 2.79 bits per heavy atom. The molecule has 0 radical (unpaired) electrons. The van der Waals surface area contributed by atoms with Gasteiger partial charge in [-0.05, 0) is 61.6 Å². The van der Waals surface area contributed by atoms with Crippen molar-refractivity contribution < 1.29 is 4.79 Å². The average Bonchev–Trinajstić information content (AvgIpc) is 2.61. The number of likely N-dealkylation sites (tertiary alicyclic amines) is 1. The van der Waals surface area contributed by atoms with E-state index in [0.717, 1.165) is 30.4 Å². The van der Waals surface area contributed by atoms with E-state index in [-0.39, 0.29) is 5.91 Å². The van der Waals surface area contributed by atoms with Gasteiger partial charge in [0.05, 0.1) is 5.56 Å². The fourth-order valence-electron chi connectivity index (χ4n) is 3.02. The molecular weight excluding hydrogens is 366 g/mol. The summed E-state index contributed by atoms with van der Waals surface area (Å²) in [5.41, 5.74) is 3.06. The Morgan fingerprint density at radius 1 is 1.25 bits per heavy atom. The van der Waals surface area contributed by atoms with Gasteiger partial charge in [-0.3, -0.25) is 4.79 Å². The van der Waals surface area contributed by atoms with E-state index in [0.29, 0.717) is 17.9 Å². The van der Waals surface area contributed by atoms with Crippen LogP contribution in [0, 0.1) is 6.92 Å². The minimum atomic E-state index is 0.0813. The van der Waals surface area contributed by atoms with Gasteiger partial charge in [0.25, 0.3) is 5.91 Å². The lowest BCUT2D eigenvalue weighted by molar-refractivity contribution is 0.0725. The Balaban J connectivity index is 1.75. The van der Waals surface area contributed by atoms with Crippen molar-refractivity contribution in [3.63, 3.8) is 0 Å². The van der Waals surface area contributed by atoms with E-state index in [1.165, 1.54) is 17.5 Å². The van der Waals surface area contributed by atoms with Crippen molar-refractivity contribution in [2.24, 2.45) is 0 Å². The van der Waals surface area contributed by atoms with Crippen molar-refractivity contribution in [3.05, 3.63) is 57.7 Å². The molecule has 3 rings (SSSR count). The van der Waals surface area contributed by atoms with E-state index in [1.54, 1.807) is 6.20 Å². The Hall–Kier alpha value is -1.88. The van der Waals surface area contributed by atoms with Crippen LogP contribution in [0.2, 0.25) is 0 Å². The normalized spacial score (nSPS) is 14.5. The van der Waals surface area contributed by atoms with Crippen LogP contribution in [0.15, 0.2) is 41.0 Å². The minimum Gasteiger partial charge on any atom is -0.365 e. The third-order valence-electron chi connectivity index (χ3n) is 4.43. The highest BCUT2D eigenvalue weighted by Crippen LogP contribution is 2.20. The Kier molecular flexibility index (Phi) is 5.51. The Bertz CT molecular complexity index is 726. The highest BCUT2D eigenvalue weighted by atomic mass is 79.9. The van der Waals surface area contributed by atoms with E-state index in [4.69, 9.17) is 0 Å². The second-order valence-corrected chi connectivity index (χ2v) is 7.09. The van der Waals surface area contributed by atoms with Gasteiger partial charge >= 0.3 is 0 Å². The van der Waals surface area contributed by atoms with Crippen molar-refractivity contribution in [1.29, 1.82) is 0 Å². The number of piperidine rings is 1. The summed E-state index contributed by atoms with van der Waals surface area (Å²) in [5, 5.41) is 3.34. The van der Waals surface area contributed by atoms with E-state index in [9.17, 15) is 4.79 Å². The van der Waals surface area contributed by atoms with Crippen molar-refractivity contribution in [2.75, 3.05) is 18.4 Å². The summed E-state index contributed by atoms with van der Waals surface area (Å²) < 4.78 is 1.07. The molecule has 0 bridgehead atoms. The monoisotopic (exact) mass is 387 g/mol. The topological polar surface area (TPSA) is 45.2 Å². The number of carbonyl (C=O) groups is 1. The van der Waals surface area contributed by atoms with Crippen LogP contribution in [0.1, 0.15) is 40.7 Å². The number of hydrogen-bond donors (Lipinski definition) is 1. The number of amides is 1. The average molecular weight is 388 g/mol. The van der Waals surface area contributed by atoms with E-state index in [1.807, 2.05) is 23.1 Å². The summed E-state index contributed by atoms with van der Waals surface area (Å²) in [6.45, 7) is 4.42. The molecule has 1 N–H and O–H groups in total. The van der Waals surface area contributed by atoms with Crippen LogP contribution >= 0.6 is 15.9 Å². The predicted octanol–water partition coefficient (Wildman–Crippen LogP) is 4.39. The number of aryl methyl sites for hydroxylation is 1. The van der Waals surface area contributed by atoms with Crippen LogP contribution in [0.4, 0.5) is 5.82 Å². The zero-order valence-corrected chi connectivity index (χ0v) is 15.5. The van der Waals surface area contributed by atoms with Gasteiger partial charge < -0.3 is 10.2 Å². The number of rotatable bonds is 4. The zero-order chi connectivity index (χ0) is 16.9. The minimum absolute atomic E-state index is 0.0813. The third-order valence-corrected chi connectivity index (χ3v) is 4.93. The molecule has 1 fully saturated rings. The van der Waals surface area contributed by atoms with Gasteiger partial charge in [-0.2, -0.15) is 0 Å². The molecule has 0 aliphatic carbocycles. The molecular formula is C19H22BrN3O. The smallest absolute Gasteiger partial charge is 0.257 e. The van der Waals surface area contributed by atoms with Crippen LogP contribution in [0.25, 0.3) is 0 Å². The number of nitrogens with zero attached hydrogens (tertiary/aromatic N) is 2. The van der Waals surface area contributed by atoms with Gasteiger partial charge in [0.2, 0.25) is 0 Å². The van der Waals surface area contributed by atoms with Crippen LogP contribution in [-0.4, -0.2) is 28.9 Å². The molecule has 4 nitrogen and oxygen atoms in total. The molecule has 2 heterocycles. The number of pyridine rings is 1. The van der Waals surface area contributed by atoms with Crippen LogP contribution in [0.3, 0.4) is 0 Å². The highest BCUT2D eigenvalue weighted by molar-refractivity contribution is 9.10. The first kappa shape index (κ1) is 17.0. The summed E-state index contributed by atoms with van der Waals surface area (Å²) in [6, 6.07) is 9.90. The second kappa shape index (κ2) is 7.79. The molecule has 0 atom stereocenters. The number of nitrogens with one attached hydrogen (secondary N) is 1. The summed E-state index contributed by atoms with van der Waals surface area (Å²) in [6.07, 6.45) is 5.12. The molecule has 1 aromatic heterocycles. The first-order valence-corrected chi connectivity index (χ1v) is 9.17. The molecule has 1 aliphatic heterocycles. The van der Waals surface area contributed by atoms with Gasteiger partial charge in [-0.15, -0.1) is 0 Å². The quantitative estimate of drug-likeness (QED) is 0.845. The number of aromatic nitrogens is 1. The lowest BCUT2D eigenvalue weighted by Gasteiger charge is -2.27. The summed E-state index contributed by atoms with van der Waals surface area (Å²) in [5.74, 6) is 0.744. The molecule has 2 aromatic rings. The molecule has 0 saturated carbocycles. The first-order chi connectivity index (χ1) is 11.6. The number of anilines is 1. The third kappa shape index (κ3) is 3.96. The standard InChI is InChI=1S/C19H22BrN3O/c1-14-12-16(20)8-7-15(14)13-22-18-17(6-5-9-21-18)19(24)23-10-3-2-4-11-23/h5-9,12H,2-4,10-11,13H2,1H3,(H,21,22). The number of hydrogen-bond acceptors (Lipinski definition) is 3.